The van der Waals surface area contributed by atoms with Gasteiger partial charge in [-0.05, 0) is 12.1 Å². The Balaban J connectivity index is 2.14. The minimum Gasteiger partial charge on any atom is -0.489 e. The largest absolute Gasteiger partial charge is 0.489 e. The van der Waals surface area contributed by atoms with Gasteiger partial charge < -0.3 is 4.74 Å². The summed E-state index contributed by atoms with van der Waals surface area (Å²) in [7, 11) is 0. The number of pyridine rings is 1. The van der Waals surface area contributed by atoms with E-state index in [0.717, 1.165) is 0 Å². The Morgan fingerprint density at radius 1 is 1.45 bits per heavy atom. The quantitative estimate of drug-likeness (QED) is 0.637. The first-order chi connectivity index (χ1) is 9.61. The molecule has 20 heavy (non-hydrogen) atoms. The summed E-state index contributed by atoms with van der Waals surface area (Å²) < 4.78 is 5.45. The monoisotopic (exact) mass is 289 g/mol. The van der Waals surface area contributed by atoms with Crippen LogP contribution in [0.2, 0.25) is 5.02 Å². The molecule has 0 saturated carbocycles. The SMILES string of the molecule is N#Cc1ncccc1COc1ccc([N+](=O)[O-])c(Cl)c1. The van der Waals surface area contributed by atoms with E-state index in [1.807, 2.05) is 6.07 Å². The Kier molecular flexibility index (Phi) is 4.13. The molecule has 0 aliphatic heterocycles. The van der Waals surface area contributed by atoms with Crippen molar-refractivity contribution in [1.29, 1.82) is 5.26 Å². The van der Waals surface area contributed by atoms with Crippen molar-refractivity contribution in [2.24, 2.45) is 0 Å². The number of hydrogen-bond donors (Lipinski definition) is 0. The molecule has 2 aromatic rings. The number of nitro groups is 1. The van der Waals surface area contributed by atoms with Crippen molar-refractivity contribution in [3.8, 4) is 11.8 Å². The molecule has 0 bridgehead atoms. The van der Waals surface area contributed by atoms with E-state index in [2.05, 4.69) is 4.98 Å². The summed E-state index contributed by atoms with van der Waals surface area (Å²) in [5.74, 6) is 0.383. The predicted octanol–water partition coefficient (Wildman–Crippen LogP) is 3.09. The maximum atomic E-state index is 10.6. The summed E-state index contributed by atoms with van der Waals surface area (Å²) >= 11 is 5.78. The van der Waals surface area contributed by atoms with Gasteiger partial charge in [0.1, 0.15) is 29.1 Å². The molecular formula is C13H8ClN3O3. The molecule has 0 radical (unpaired) electrons. The number of nitriles is 1. The molecule has 1 heterocycles. The van der Waals surface area contributed by atoms with Gasteiger partial charge in [0.2, 0.25) is 0 Å². The van der Waals surface area contributed by atoms with E-state index in [1.54, 1.807) is 12.1 Å². The van der Waals surface area contributed by atoms with Crippen molar-refractivity contribution in [1.82, 2.24) is 4.98 Å². The number of benzene rings is 1. The van der Waals surface area contributed by atoms with Gasteiger partial charge in [-0.3, -0.25) is 10.1 Å². The van der Waals surface area contributed by atoms with Gasteiger partial charge in [0.25, 0.3) is 5.69 Å². The van der Waals surface area contributed by atoms with Crippen LogP contribution in [0.15, 0.2) is 36.5 Å². The van der Waals surface area contributed by atoms with Crippen LogP contribution in [-0.4, -0.2) is 9.91 Å². The van der Waals surface area contributed by atoms with Crippen molar-refractivity contribution in [3.05, 3.63) is 62.9 Å². The summed E-state index contributed by atoms with van der Waals surface area (Å²) in [6.07, 6.45) is 1.52. The highest BCUT2D eigenvalue weighted by atomic mass is 35.5. The summed E-state index contributed by atoms with van der Waals surface area (Å²) in [4.78, 5) is 14.0. The summed E-state index contributed by atoms with van der Waals surface area (Å²) in [6.45, 7) is 0.130. The lowest BCUT2D eigenvalue weighted by Gasteiger charge is -2.07. The zero-order valence-corrected chi connectivity index (χ0v) is 10.9. The van der Waals surface area contributed by atoms with Crippen LogP contribution < -0.4 is 4.74 Å². The highest BCUT2D eigenvalue weighted by molar-refractivity contribution is 6.32. The normalized spacial score (nSPS) is 9.80. The Morgan fingerprint density at radius 3 is 2.90 bits per heavy atom. The molecule has 0 aliphatic rings. The van der Waals surface area contributed by atoms with E-state index < -0.39 is 4.92 Å². The average Bonchev–Trinajstić information content (AvgIpc) is 2.45. The van der Waals surface area contributed by atoms with Crippen LogP contribution in [0.5, 0.6) is 5.75 Å². The molecule has 0 fully saturated rings. The third kappa shape index (κ3) is 3.02. The lowest BCUT2D eigenvalue weighted by molar-refractivity contribution is -0.384. The molecule has 0 amide bonds. The van der Waals surface area contributed by atoms with Gasteiger partial charge in [-0.25, -0.2) is 4.98 Å². The summed E-state index contributed by atoms with van der Waals surface area (Å²) in [5, 5.41) is 19.5. The maximum absolute atomic E-state index is 10.6. The third-order valence-corrected chi connectivity index (χ3v) is 2.81. The van der Waals surface area contributed by atoms with E-state index in [9.17, 15) is 10.1 Å². The van der Waals surface area contributed by atoms with Gasteiger partial charge in [-0.15, -0.1) is 0 Å². The van der Waals surface area contributed by atoms with E-state index in [-0.39, 0.29) is 23.0 Å². The molecule has 2 rings (SSSR count). The molecule has 0 N–H and O–H groups in total. The summed E-state index contributed by atoms with van der Waals surface area (Å²) in [6, 6.07) is 9.46. The number of nitro benzene ring substituents is 1. The second kappa shape index (κ2) is 5.99. The van der Waals surface area contributed by atoms with Crippen LogP contribution in [0.3, 0.4) is 0 Å². The van der Waals surface area contributed by atoms with E-state index in [1.165, 1.54) is 24.4 Å². The van der Waals surface area contributed by atoms with Crippen LogP contribution in [0, 0.1) is 21.4 Å². The highest BCUT2D eigenvalue weighted by Crippen LogP contribution is 2.28. The first-order valence-corrected chi connectivity index (χ1v) is 5.90. The zero-order chi connectivity index (χ0) is 14.5. The molecule has 1 aromatic carbocycles. The Labute approximate surface area is 119 Å². The third-order valence-electron chi connectivity index (χ3n) is 2.51. The van der Waals surface area contributed by atoms with Crippen molar-refractivity contribution in [2.45, 2.75) is 6.61 Å². The van der Waals surface area contributed by atoms with Crippen molar-refractivity contribution < 1.29 is 9.66 Å². The van der Waals surface area contributed by atoms with Crippen LogP contribution in [-0.2, 0) is 6.61 Å². The number of rotatable bonds is 4. The molecule has 0 aliphatic carbocycles. The fourth-order valence-electron chi connectivity index (χ4n) is 1.54. The van der Waals surface area contributed by atoms with Gasteiger partial charge in [0.05, 0.1) is 4.92 Å². The molecule has 0 spiro atoms. The average molecular weight is 290 g/mol. The number of ether oxygens (including phenoxy) is 1. The number of hydrogen-bond acceptors (Lipinski definition) is 5. The van der Waals surface area contributed by atoms with Gasteiger partial charge in [-0.2, -0.15) is 5.26 Å². The number of aromatic nitrogens is 1. The van der Waals surface area contributed by atoms with Crippen LogP contribution in [0.25, 0.3) is 0 Å². The van der Waals surface area contributed by atoms with Gasteiger partial charge in [0, 0.05) is 23.9 Å². The Bertz CT molecular complexity index is 698. The van der Waals surface area contributed by atoms with E-state index in [4.69, 9.17) is 21.6 Å². The molecule has 0 atom stereocenters. The van der Waals surface area contributed by atoms with Gasteiger partial charge >= 0.3 is 0 Å². The second-order valence-electron chi connectivity index (χ2n) is 3.78. The van der Waals surface area contributed by atoms with Crippen molar-refractivity contribution in [3.63, 3.8) is 0 Å². The van der Waals surface area contributed by atoms with Gasteiger partial charge in [0.15, 0.2) is 0 Å². The molecule has 1 aromatic heterocycles. The Morgan fingerprint density at radius 2 is 2.25 bits per heavy atom. The fraction of sp³-hybridized carbons (Fsp3) is 0.0769. The smallest absolute Gasteiger partial charge is 0.288 e. The molecule has 100 valence electrons. The first-order valence-electron chi connectivity index (χ1n) is 5.52. The number of nitrogens with zero attached hydrogens (tertiary/aromatic N) is 3. The summed E-state index contributed by atoms with van der Waals surface area (Å²) in [5.41, 5.74) is 0.725. The second-order valence-corrected chi connectivity index (χ2v) is 4.19. The van der Waals surface area contributed by atoms with Crippen molar-refractivity contribution >= 4 is 17.3 Å². The number of halogens is 1. The van der Waals surface area contributed by atoms with E-state index >= 15 is 0 Å². The van der Waals surface area contributed by atoms with E-state index in [0.29, 0.717) is 11.3 Å². The minimum atomic E-state index is -0.568. The lowest BCUT2D eigenvalue weighted by Crippen LogP contribution is -2.00. The molecular weight excluding hydrogens is 282 g/mol. The highest BCUT2D eigenvalue weighted by Gasteiger charge is 2.13. The van der Waals surface area contributed by atoms with Crippen LogP contribution in [0.4, 0.5) is 5.69 Å². The maximum Gasteiger partial charge on any atom is 0.288 e. The molecule has 0 saturated heterocycles. The molecule has 7 heteroatoms. The topological polar surface area (TPSA) is 89.0 Å². The molecule has 0 unspecified atom stereocenters. The first kappa shape index (κ1) is 13.8. The van der Waals surface area contributed by atoms with Gasteiger partial charge in [-0.1, -0.05) is 17.7 Å². The molecule has 6 nitrogen and oxygen atoms in total. The predicted molar refractivity (Wildman–Crippen MR) is 71.4 cm³/mol. The minimum absolute atomic E-state index is 0.000747. The Hall–Kier alpha value is -2.65. The lowest BCUT2D eigenvalue weighted by atomic mass is 10.2. The fourth-order valence-corrected chi connectivity index (χ4v) is 1.78. The van der Waals surface area contributed by atoms with Crippen LogP contribution >= 0.6 is 11.6 Å². The van der Waals surface area contributed by atoms with Crippen LogP contribution in [0.1, 0.15) is 11.3 Å². The zero-order valence-electron chi connectivity index (χ0n) is 10.1. The standard InChI is InChI=1S/C13H8ClN3O3/c14-11-6-10(3-4-13(11)17(18)19)20-8-9-2-1-5-16-12(9)7-15/h1-6H,8H2. The van der Waals surface area contributed by atoms with Crippen molar-refractivity contribution in [2.75, 3.05) is 0 Å².